The van der Waals surface area contributed by atoms with Crippen molar-refractivity contribution in [2.45, 2.75) is 19.3 Å². The van der Waals surface area contributed by atoms with Crippen LogP contribution in [0, 0.1) is 5.92 Å². The van der Waals surface area contributed by atoms with Crippen molar-refractivity contribution >= 4 is 16.7 Å². The first kappa shape index (κ1) is 9.64. The Morgan fingerprint density at radius 3 is 2.88 bits per heavy atom. The number of hydrogen-bond donors (Lipinski definition) is 1. The second-order valence-corrected chi connectivity index (χ2v) is 4.55. The van der Waals surface area contributed by atoms with Gasteiger partial charge in [-0.25, -0.2) is 4.98 Å². The molecule has 1 aromatic heterocycles. The van der Waals surface area contributed by atoms with Gasteiger partial charge in [0.25, 0.3) is 0 Å². The van der Waals surface area contributed by atoms with E-state index in [1.165, 1.54) is 24.6 Å². The topological polar surface area (TPSA) is 24.9 Å². The maximum absolute atomic E-state index is 4.58. The number of para-hydroxylation sites is 1. The third-order valence-electron chi connectivity index (χ3n) is 3.15. The van der Waals surface area contributed by atoms with Crippen LogP contribution in [0.4, 0.5) is 5.82 Å². The van der Waals surface area contributed by atoms with Crippen LogP contribution in [0.25, 0.3) is 10.9 Å². The van der Waals surface area contributed by atoms with E-state index in [0.29, 0.717) is 0 Å². The lowest BCUT2D eigenvalue weighted by molar-refractivity contribution is 0.759. The Labute approximate surface area is 95.7 Å². The Hall–Kier alpha value is -1.57. The van der Waals surface area contributed by atoms with E-state index in [4.69, 9.17) is 0 Å². The number of nitrogens with zero attached hydrogens (tertiary/aromatic N) is 1. The molecule has 16 heavy (non-hydrogen) atoms. The van der Waals surface area contributed by atoms with Crippen molar-refractivity contribution < 1.29 is 0 Å². The van der Waals surface area contributed by atoms with Crippen LogP contribution >= 0.6 is 0 Å². The first-order valence-electron chi connectivity index (χ1n) is 6.01. The Kier molecular flexibility index (Phi) is 2.49. The fraction of sp³-hybridized carbons (Fsp3) is 0.357. The van der Waals surface area contributed by atoms with E-state index in [0.717, 1.165) is 23.8 Å². The van der Waals surface area contributed by atoms with Crippen molar-refractivity contribution in [2.24, 2.45) is 5.92 Å². The fourth-order valence-corrected chi connectivity index (χ4v) is 1.98. The summed E-state index contributed by atoms with van der Waals surface area (Å²) in [7, 11) is 0. The van der Waals surface area contributed by atoms with Crippen LogP contribution in [0.2, 0.25) is 0 Å². The summed E-state index contributed by atoms with van der Waals surface area (Å²) >= 11 is 0. The highest BCUT2D eigenvalue weighted by molar-refractivity contribution is 5.79. The van der Waals surface area contributed by atoms with Crippen molar-refractivity contribution in [1.82, 2.24) is 4.98 Å². The molecule has 1 N–H and O–H groups in total. The van der Waals surface area contributed by atoms with Crippen molar-refractivity contribution in [3.63, 3.8) is 0 Å². The van der Waals surface area contributed by atoms with E-state index in [9.17, 15) is 0 Å². The lowest BCUT2D eigenvalue weighted by Crippen LogP contribution is -2.03. The van der Waals surface area contributed by atoms with Crippen molar-refractivity contribution in [3.8, 4) is 0 Å². The molecule has 0 atom stereocenters. The average molecular weight is 212 g/mol. The molecular weight excluding hydrogens is 196 g/mol. The lowest BCUT2D eigenvalue weighted by atomic mass is 10.2. The number of hydrogen-bond acceptors (Lipinski definition) is 2. The molecule has 2 nitrogen and oxygen atoms in total. The smallest absolute Gasteiger partial charge is 0.126 e. The third kappa shape index (κ3) is 2.16. The predicted molar refractivity (Wildman–Crippen MR) is 67.6 cm³/mol. The minimum Gasteiger partial charge on any atom is -0.370 e. The van der Waals surface area contributed by atoms with Crippen molar-refractivity contribution in [2.75, 3.05) is 11.9 Å². The Balaban J connectivity index is 1.71. The van der Waals surface area contributed by atoms with E-state index in [2.05, 4.69) is 34.6 Å². The average Bonchev–Trinajstić information content (AvgIpc) is 3.13. The Morgan fingerprint density at radius 2 is 2.00 bits per heavy atom. The molecule has 0 unspecified atom stereocenters. The van der Waals surface area contributed by atoms with E-state index in [-0.39, 0.29) is 0 Å². The standard InChI is InChI=1S/C14H16N2/c1-2-4-13-12(3-1)7-8-14(16-13)15-10-9-11-5-6-11/h1-4,7-8,11H,5-6,9-10H2,(H,15,16). The molecule has 0 bridgehead atoms. The Bertz CT molecular complexity index is 489. The summed E-state index contributed by atoms with van der Waals surface area (Å²) in [5.41, 5.74) is 1.07. The summed E-state index contributed by atoms with van der Waals surface area (Å²) in [4.78, 5) is 4.58. The zero-order valence-corrected chi connectivity index (χ0v) is 9.32. The minimum atomic E-state index is 0.980. The second kappa shape index (κ2) is 4.12. The van der Waals surface area contributed by atoms with Crippen LogP contribution < -0.4 is 5.32 Å². The number of anilines is 1. The van der Waals surface area contributed by atoms with Gasteiger partial charge in [0.2, 0.25) is 0 Å². The van der Waals surface area contributed by atoms with Gasteiger partial charge < -0.3 is 5.32 Å². The second-order valence-electron chi connectivity index (χ2n) is 4.55. The zero-order chi connectivity index (χ0) is 10.8. The summed E-state index contributed by atoms with van der Waals surface area (Å²) in [5, 5.41) is 4.60. The summed E-state index contributed by atoms with van der Waals surface area (Å²) in [6.45, 7) is 1.05. The Morgan fingerprint density at radius 1 is 1.12 bits per heavy atom. The van der Waals surface area contributed by atoms with Crippen LogP contribution in [0.5, 0.6) is 0 Å². The van der Waals surface area contributed by atoms with Crippen molar-refractivity contribution in [1.29, 1.82) is 0 Å². The number of rotatable bonds is 4. The normalized spacial score (nSPS) is 15.2. The SMILES string of the molecule is c1ccc2nc(NCCC3CC3)ccc2c1. The molecule has 2 aromatic rings. The number of benzene rings is 1. The van der Waals surface area contributed by atoms with Gasteiger partial charge in [0.1, 0.15) is 5.82 Å². The minimum absolute atomic E-state index is 0.980. The monoisotopic (exact) mass is 212 g/mol. The van der Waals surface area contributed by atoms with E-state index >= 15 is 0 Å². The molecule has 0 amide bonds. The molecule has 1 aliphatic rings. The first-order chi connectivity index (χ1) is 7.92. The van der Waals surface area contributed by atoms with Crippen LogP contribution in [0.3, 0.4) is 0 Å². The molecule has 1 fully saturated rings. The van der Waals surface area contributed by atoms with E-state index in [1.54, 1.807) is 0 Å². The third-order valence-corrected chi connectivity index (χ3v) is 3.15. The van der Waals surface area contributed by atoms with Gasteiger partial charge >= 0.3 is 0 Å². The lowest BCUT2D eigenvalue weighted by Gasteiger charge is -2.05. The molecule has 1 heterocycles. The van der Waals surface area contributed by atoms with Gasteiger partial charge in [-0.2, -0.15) is 0 Å². The molecule has 0 saturated heterocycles. The molecule has 2 heteroatoms. The molecule has 3 rings (SSSR count). The quantitative estimate of drug-likeness (QED) is 0.839. The predicted octanol–water partition coefficient (Wildman–Crippen LogP) is 3.45. The van der Waals surface area contributed by atoms with Gasteiger partial charge in [-0.1, -0.05) is 31.0 Å². The molecule has 0 aliphatic heterocycles. The summed E-state index contributed by atoms with van der Waals surface area (Å²) < 4.78 is 0. The number of nitrogens with one attached hydrogen (secondary N) is 1. The molecule has 1 aromatic carbocycles. The number of pyridine rings is 1. The van der Waals surface area contributed by atoms with Gasteiger partial charge in [-0.15, -0.1) is 0 Å². The van der Waals surface area contributed by atoms with Gasteiger partial charge in [-0.3, -0.25) is 0 Å². The van der Waals surface area contributed by atoms with Gasteiger partial charge in [0, 0.05) is 11.9 Å². The van der Waals surface area contributed by atoms with Crippen LogP contribution in [-0.2, 0) is 0 Å². The molecule has 1 saturated carbocycles. The summed E-state index contributed by atoms with van der Waals surface area (Å²) in [6.07, 6.45) is 4.13. The summed E-state index contributed by atoms with van der Waals surface area (Å²) in [6, 6.07) is 12.4. The van der Waals surface area contributed by atoms with Crippen LogP contribution in [-0.4, -0.2) is 11.5 Å². The van der Waals surface area contributed by atoms with E-state index in [1.807, 2.05) is 12.1 Å². The largest absolute Gasteiger partial charge is 0.370 e. The highest BCUT2D eigenvalue weighted by Crippen LogP contribution is 2.32. The molecule has 1 aliphatic carbocycles. The van der Waals surface area contributed by atoms with Crippen molar-refractivity contribution in [3.05, 3.63) is 36.4 Å². The molecule has 82 valence electrons. The fourth-order valence-electron chi connectivity index (χ4n) is 1.98. The van der Waals surface area contributed by atoms with Crippen LogP contribution in [0.15, 0.2) is 36.4 Å². The van der Waals surface area contributed by atoms with Gasteiger partial charge in [-0.05, 0) is 30.5 Å². The number of fused-ring (bicyclic) bond motifs is 1. The van der Waals surface area contributed by atoms with Gasteiger partial charge in [0.15, 0.2) is 0 Å². The summed E-state index contributed by atoms with van der Waals surface area (Å²) in [5.74, 6) is 1.98. The highest BCUT2D eigenvalue weighted by Gasteiger charge is 2.20. The maximum atomic E-state index is 4.58. The molecule has 0 radical (unpaired) electrons. The number of aromatic nitrogens is 1. The van der Waals surface area contributed by atoms with E-state index < -0.39 is 0 Å². The van der Waals surface area contributed by atoms with Gasteiger partial charge in [0.05, 0.1) is 5.52 Å². The molecule has 0 spiro atoms. The zero-order valence-electron chi connectivity index (χ0n) is 9.32. The van der Waals surface area contributed by atoms with Crippen LogP contribution in [0.1, 0.15) is 19.3 Å². The highest BCUT2D eigenvalue weighted by atomic mass is 15.0. The maximum Gasteiger partial charge on any atom is 0.126 e. The molecular formula is C14H16N2. The first-order valence-corrected chi connectivity index (χ1v) is 6.01.